The molecular formula is C18H26N4O3S. The number of rotatable bonds is 8. The molecule has 26 heavy (non-hydrogen) atoms. The van der Waals surface area contributed by atoms with E-state index < -0.39 is 0 Å². The van der Waals surface area contributed by atoms with Crippen LogP contribution in [-0.2, 0) is 17.5 Å². The van der Waals surface area contributed by atoms with E-state index in [1.54, 1.807) is 24.0 Å². The van der Waals surface area contributed by atoms with Crippen molar-refractivity contribution in [2.45, 2.75) is 36.3 Å². The summed E-state index contributed by atoms with van der Waals surface area (Å²) < 4.78 is 13.5. The predicted molar refractivity (Wildman–Crippen MR) is 100 cm³/mol. The number of nitrogens with zero attached hydrogens (tertiary/aromatic N) is 3. The largest absolute Gasteiger partial charge is 0.455 e. The van der Waals surface area contributed by atoms with E-state index in [0.717, 1.165) is 30.2 Å². The molecule has 0 aromatic carbocycles. The Morgan fingerprint density at radius 3 is 2.92 bits per heavy atom. The molecule has 1 amide bonds. The van der Waals surface area contributed by atoms with E-state index in [0.29, 0.717) is 37.8 Å². The highest BCUT2D eigenvalue weighted by Gasteiger charge is 2.25. The van der Waals surface area contributed by atoms with Crippen LogP contribution < -0.4 is 5.73 Å². The summed E-state index contributed by atoms with van der Waals surface area (Å²) in [6.07, 6.45) is 6.50. The Balaban J connectivity index is 1.47. The van der Waals surface area contributed by atoms with Crippen LogP contribution in [0, 0.1) is 0 Å². The van der Waals surface area contributed by atoms with Crippen molar-refractivity contribution < 1.29 is 13.9 Å². The smallest absolute Gasteiger partial charge is 0.289 e. The number of hydrogen-bond acceptors (Lipinski definition) is 6. The van der Waals surface area contributed by atoms with E-state index in [-0.39, 0.29) is 12.0 Å². The van der Waals surface area contributed by atoms with Crippen molar-refractivity contribution in [3.8, 4) is 0 Å². The summed E-state index contributed by atoms with van der Waals surface area (Å²) in [7, 11) is 1.95. The molecule has 3 rings (SSSR count). The second-order valence-electron chi connectivity index (χ2n) is 6.38. The number of aromatic nitrogens is 2. The lowest BCUT2D eigenvalue weighted by atomic mass is 10.1. The van der Waals surface area contributed by atoms with Crippen molar-refractivity contribution >= 4 is 17.7 Å². The van der Waals surface area contributed by atoms with Gasteiger partial charge in [0.2, 0.25) is 0 Å². The molecule has 1 fully saturated rings. The van der Waals surface area contributed by atoms with Crippen molar-refractivity contribution in [3.05, 3.63) is 36.0 Å². The van der Waals surface area contributed by atoms with Crippen LogP contribution in [0.25, 0.3) is 0 Å². The van der Waals surface area contributed by atoms with Gasteiger partial charge in [0.25, 0.3) is 5.91 Å². The number of amides is 1. The summed E-state index contributed by atoms with van der Waals surface area (Å²) >= 11 is 1.58. The van der Waals surface area contributed by atoms with Gasteiger partial charge in [0.05, 0.1) is 11.9 Å². The average Bonchev–Trinajstić information content (AvgIpc) is 3.29. The Kier molecular flexibility index (Phi) is 6.76. The molecule has 142 valence electrons. The van der Waals surface area contributed by atoms with Crippen LogP contribution in [0.4, 0.5) is 0 Å². The van der Waals surface area contributed by atoms with Gasteiger partial charge in [0, 0.05) is 39.1 Å². The molecule has 0 spiro atoms. The van der Waals surface area contributed by atoms with E-state index in [2.05, 4.69) is 4.98 Å². The molecule has 0 atom stereocenters. The second kappa shape index (κ2) is 9.25. The first-order chi connectivity index (χ1) is 12.7. The molecule has 8 heteroatoms. The molecule has 1 aliphatic rings. The highest BCUT2D eigenvalue weighted by molar-refractivity contribution is 7.98. The maximum Gasteiger partial charge on any atom is 0.289 e. The summed E-state index contributed by atoms with van der Waals surface area (Å²) in [5, 5.41) is 0.922. The van der Waals surface area contributed by atoms with Crippen molar-refractivity contribution in [1.29, 1.82) is 0 Å². The van der Waals surface area contributed by atoms with Gasteiger partial charge in [-0.1, -0.05) is 11.8 Å². The van der Waals surface area contributed by atoms with Crippen molar-refractivity contribution in [3.63, 3.8) is 0 Å². The van der Waals surface area contributed by atoms with Crippen molar-refractivity contribution in [1.82, 2.24) is 14.5 Å². The van der Waals surface area contributed by atoms with Gasteiger partial charge in [-0.3, -0.25) is 4.79 Å². The lowest BCUT2D eigenvalue weighted by Crippen LogP contribution is -2.40. The monoisotopic (exact) mass is 378 g/mol. The number of piperidine rings is 1. The molecule has 1 aliphatic heterocycles. The zero-order valence-corrected chi connectivity index (χ0v) is 15.9. The number of hydrogen-bond donors (Lipinski definition) is 1. The zero-order valence-electron chi connectivity index (χ0n) is 15.1. The number of furan rings is 1. The van der Waals surface area contributed by atoms with Crippen LogP contribution >= 0.6 is 11.8 Å². The van der Waals surface area contributed by atoms with E-state index in [4.69, 9.17) is 14.9 Å². The van der Waals surface area contributed by atoms with E-state index in [9.17, 15) is 4.79 Å². The SMILES string of the molecule is Cn1ccnc1SCc1ccc(C(=O)N2CCC(OCCCN)CC2)o1. The van der Waals surface area contributed by atoms with Gasteiger partial charge in [-0.2, -0.15) is 0 Å². The van der Waals surface area contributed by atoms with Gasteiger partial charge in [-0.25, -0.2) is 4.98 Å². The number of carbonyl (C=O) groups excluding carboxylic acids is 1. The summed E-state index contributed by atoms with van der Waals surface area (Å²) in [5.74, 6) is 1.79. The van der Waals surface area contributed by atoms with Crippen LogP contribution in [-0.4, -0.2) is 52.7 Å². The topological polar surface area (TPSA) is 86.5 Å². The molecular weight excluding hydrogens is 352 g/mol. The maximum atomic E-state index is 12.6. The number of imidazole rings is 1. The third kappa shape index (κ3) is 4.90. The summed E-state index contributed by atoms with van der Waals surface area (Å²) in [6.45, 7) is 2.75. The molecule has 0 radical (unpaired) electrons. The maximum absolute atomic E-state index is 12.6. The number of thioether (sulfide) groups is 1. The van der Waals surface area contributed by atoms with Gasteiger partial charge >= 0.3 is 0 Å². The molecule has 2 aromatic heterocycles. The van der Waals surface area contributed by atoms with Gasteiger partial charge in [-0.05, 0) is 37.9 Å². The molecule has 2 N–H and O–H groups in total. The van der Waals surface area contributed by atoms with E-state index in [1.807, 2.05) is 28.8 Å². The molecule has 0 bridgehead atoms. The van der Waals surface area contributed by atoms with Crippen molar-refractivity contribution in [2.24, 2.45) is 12.8 Å². The highest BCUT2D eigenvalue weighted by atomic mass is 32.2. The van der Waals surface area contributed by atoms with Crippen molar-refractivity contribution in [2.75, 3.05) is 26.2 Å². The van der Waals surface area contributed by atoms with Gasteiger partial charge < -0.3 is 24.4 Å². The van der Waals surface area contributed by atoms with Gasteiger partial charge in [0.15, 0.2) is 10.9 Å². The molecule has 0 saturated carbocycles. The van der Waals surface area contributed by atoms with Gasteiger partial charge in [0.1, 0.15) is 5.76 Å². The number of carbonyl (C=O) groups is 1. The normalized spacial score (nSPS) is 15.5. The molecule has 1 saturated heterocycles. The standard InChI is InChI=1S/C18H26N4O3S/c1-21-11-8-20-18(21)26-13-15-3-4-16(25-15)17(23)22-9-5-14(6-10-22)24-12-2-7-19/h3-4,8,11,14H,2,5-7,9-10,12-13,19H2,1H3. The molecule has 2 aromatic rings. The number of likely N-dealkylation sites (tertiary alicyclic amines) is 1. The van der Waals surface area contributed by atoms with Crippen LogP contribution in [0.1, 0.15) is 35.6 Å². The quantitative estimate of drug-likeness (QED) is 0.560. The Morgan fingerprint density at radius 2 is 2.23 bits per heavy atom. The molecule has 7 nitrogen and oxygen atoms in total. The Morgan fingerprint density at radius 1 is 1.42 bits per heavy atom. The third-order valence-corrected chi connectivity index (χ3v) is 5.50. The average molecular weight is 378 g/mol. The highest BCUT2D eigenvalue weighted by Crippen LogP contribution is 2.23. The third-order valence-electron chi connectivity index (χ3n) is 4.42. The number of aryl methyl sites for hydroxylation is 1. The second-order valence-corrected chi connectivity index (χ2v) is 7.32. The molecule has 0 aliphatic carbocycles. The zero-order chi connectivity index (χ0) is 18.4. The number of nitrogens with two attached hydrogens (primary N) is 1. The van der Waals surface area contributed by atoms with Crippen LogP contribution in [0.3, 0.4) is 0 Å². The summed E-state index contributed by atoms with van der Waals surface area (Å²) in [5.41, 5.74) is 5.48. The van der Waals surface area contributed by atoms with E-state index in [1.165, 1.54) is 0 Å². The number of ether oxygens (including phenoxy) is 1. The minimum atomic E-state index is -0.0429. The summed E-state index contributed by atoms with van der Waals surface area (Å²) in [4.78, 5) is 18.7. The molecule has 3 heterocycles. The first-order valence-corrected chi connectivity index (χ1v) is 9.95. The Hall–Kier alpha value is -1.77. The van der Waals surface area contributed by atoms with Crippen LogP contribution in [0.2, 0.25) is 0 Å². The fraction of sp³-hybridized carbons (Fsp3) is 0.556. The Labute approximate surface area is 157 Å². The minimum absolute atomic E-state index is 0.0429. The lowest BCUT2D eigenvalue weighted by Gasteiger charge is -2.31. The first-order valence-electron chi connectivity index (χ1n) is 8.97. The Bertz CT molecular complexity index is 707. The van der Waals surface area contributed by atoms with E-state index >= 15 is 0 Å². The van der Waals surface area contributed by atoms with Gasteiger partial charge in [-0.15, -0.1) is 0 Å². The fourth-order valence-electron chi connectivity index (χ4n) is 2.91. The summed E-state index contributed by atoms with van der Waals surface area (Å²) in [6, 6.07) is 3.63. The van der Waals surface area contributed by atoms with Crippen LogP contribution in [0.15, 0.2) is 34.1 Å². The van der Waals surface area contributed by atoms with Crippen LogP contribution in [0.5, 0.6) is 0 Å². The fourth-order valence-corrected chi connectivity index (χ4v) is 3.74. The lowest BCUT2D eigenvalue weighted by molar-refractivity contribution is 0.00761. The first kappa shape index (κ1) is 19.0. The molecule has 0 unspecified atom stereocenters. The minimum Gasteiger partial charge on any atom is -0.455 e. The predicted octanol–water partition coefficient (Wildman–Crippen LogP) is 2.28.